The molecule has 5 aromatic rings. The molecule has 1 nitrogen and oxygen atoms in total. The van der Waals surface area contributed by atoms with Crippen molar-refractivity contribution in [3.05, 3.63) is 146 Å². The molecule has 1 atom stereocenters. The van der Waals surface area contributed by atoms with Crippen molar-refractivity contribution in [2.24, 2.45) is 0 Å². The third kappa shape index (κ3) is 2.83. The standard InChI is InChI=1S/C32H29NP2/c1-5-15-26(16-6-1)34(27-17-7-2-8-18-27)25-33-30-23-13-14-24-31(30)35(32(33)34,28-19-9-3-10-20-28)29-21-11-4-12-22-29/h1-24,32,34-35H,25H2/t32-/m1/s1. The van der Waals surface area contributed by atoms with E-state index in [9.17, 15) is 0 Å². The van der Waals surface area contributed by atoms with Gasteiger partial charge < -0.3 is 0 Å². The van der Waals surface area contributed by atoms with E-state index in [4.69, 9.17) is 0 Å². The van der Waals surface area contributed by atoms with Crippen molar-refractivity contribution < 1.29 is 0 Å². The summed E-state index contributed by atoms with van der Waals surface area (Å²) in [6.07, 6.45) is 1.14. The Balaban J connectivity index is 1.61. The second-order valence-corrected chi connectivity index (χ2v) is 18.2. The Labute approximate surface area is 208 Å². The van der Waals surface area contributed by atoms with Crippen molar-refractivity contribution >= 4 is 46.7 Å². The molecule has 2 heterocycles. The predicted molar refractivity (Wildman–Crippen MR) is 158 cm³/mol. The molecular weight excluding hydrogens is 460 g/mol. The van der Waals surface area contributed by atoms with Gasteiger partial charge in [-0.2, -0.15) is 0 Å². The van der Waals surface area contributed by atoms with E-state index >= 15 is 0 Å². The molecule has 0 N–H and O–H groups in total. The SMILES string of the molecule is c1ccc([PH]2(c3ccccc3)CN3c4ccccc4[PH](c4ccccc4)(c4ccccc4)[C@H]32)cc1. The molecule has 2 aliphatic heterocycles. The number of rotatable bonds is 4. The van der Waals surface area contributed by atoms with Gasteiger partial charge in [-0.05, 0) is 0 Å². The molecule has 1 fully saturated rings. The molecule has 0 bridgehead atoms. The molecule has 5 aromatic carbocycles. The zero-order chi connectivity index (χ0) is 23.3. The molecule has 0 amide bonds. The predicted octanol–water partition coefficient (Wildman–Crippen LogP) is 5.19. The quantitative estimate of drug-likeness (QED) is 0.314. The Hall–Kier alpha value is -3.24. The van der Waals surface area contributed by atoms with E-state index < -0.39 is 14.5 Å². The van der Waals surface area contributed by atoms with Gasteiger partial charge in [0.05, 0.1) is 0 Å². The van der Waals surface area contributed by atoms with E-state index in [1.165, 1.54) is 16.3 Å². The van der Waals surface area contributed by atoms with E-state index in [1.54, 1.807) is 15.9 Å². The van der Waals surface area contributed by atoms with Crippen LogP contribution in [-0.2, 0) is 0 Å². The average molecular weight is 490 g/mol. The van der Waals surface area contributed by atoms with E-state index in [2.05, 4.69) is 150 Å². The second-order valence-electron chi connectivity index (χ2n) is 9.79. The van der Waals surface area contributed by atoms with Gasteiger partial charge in [0, 0.05) is 0 Å². The molecule has 7 rings (SSSR count). The molecule has 0 unspecified atom stereocenters. The first-order valence-corrected chi connectivity index (χ1v) is 16.8. The minimum atomic E-state index is -2.40. The average Bonchev–Trinajstić information content (AvgIpc) is 3.17. The Bertz CT molecular complexity index is 1390. The first-order valence-electron chi connectivity index (χ1n) is 12.4. The monoisotopic (exact) mass is 489 g/mol. The number of benzene rings is 5. The Morgan fingerprint density at radius 1 is 0.457 bits per heavy atom. The van der Waals surface area contributed by atoms with Gasteiger partial charge in [-0.1, -0.05) is 0 Å². The van der Waals surface area contributed by atoms with E-state index in [0.29, 0.717) is 5.52 Å². The first kappa shape index (κ1) is 21.1. The molecule has 0 radical (unpaired) electrons. The van der Waals surface area contributed by atoms with Gasteiger partial charge in [0.2, 0.25) is 0 Å². The number of fused-ring (bicyclic) bond motifs is 3. The Kier molecular flexibility index (Phi) is 4.92. The maximum absolute atomic E-state index is 2.79. The molecule has 1 saturated heterocycles. The number of para-hydroxylation sites is 1. The van der Waals surface area contributed by atoms with Crippen LogP contribution in [0.2, 0.25) is 0 Å². The second kappa shape index (κ2) is 8.17. The third-order valence-corrected chi connectivity index (χ3v) is 20.8. The summed E-state index contributed by atoms with van der Waals surface area (Å²) in [4.78, 5) is 2.79. The topological polar surface area (TPSA) is 3.24 Å². The third-order valence-electron chi connectivity index (χ3n) is 8.28. The molecule has 3 heteroatoms. The van der Waals surface area contributed by atoms with Gasteiger partial charge >= 0.3 is 209 Å². The fourth-order valence-corrected chi connectivity index (χ4v) is 22.3. The summed E-state index contributed by atoms with van der Waals surface area (Å²) in [6.45, 7) is 0. The maximum atomic E-state index is 2.79. The summed E-state index contributed by atoms with van der Waals surface area (Å²) in [5.74, 6) is 0. The minimum absolute atomic E-state index is 0.488. The fraction of sp³-hybridized carbons (Fsp3) is 0.0625. The molecule has 0 aliphatic carbocycles. The normalized spacial score (nSPS) is 20.7. The molecule has 0 spiro atoms. The molecule has 172 valence electrons. The van der Waals surface area contributed by atoms with Crippen molar-refractivity contribution in [3.8, 4) is 0 Å². The van der Waals surface area contributed by atoms with Crippen LogP contribution in [0.15, 0.2) is 146 Å². The number of hydrogen-bond acceptors (Lipinski definition) is 1. The molecule has 0 aromatic heterocycles. The van der Waals surface area contributed by atoms with Crippen molar-refractivity contribution in [1.82, 2.24) is 0 Å². The molecule has 2 aliphatic rings. The van der Waals surface area contributed by atoms with Gasteiger partial charge in [0.1, 0.15) is 0 Å². The fourth-order valence-electron chi connectivity index (χ4n) is 6.96. The van der Waals surface area contributed by atoms with Crippen LogP contribution in [0.25, 0.3) is 0 Å². The number of anilines is 1. The molecule has 35 heavy (non-hydrogen) atoms. The summed E-state index contributed by atoms with van der Waals surface area (Å²) < 4.78 is 0. The van der Waals surface area contributed by atoms with Crippen molar-refractivity contribution in [2.75, 3.05) is 11.2 Å². The van der Waals surface area contributed by atoms with Gasteiger partial charge in [0.15, 0.2) is 0 Å². The van der Waals surface area contributed by atoms with Crippen LogP contribution in [0.5, 0.6) is 0 Å². The summed E-state index contributed by atoms with van der Waals surface area (Å²) >= 11 is 0. The first-order chi connectivity index (χ1) is 17.4. The van der Waals surface area contributed by atoms with Crippen molar-refractivity contribution in [1.29, 1.82) is 0 Å². The zero-order valence-corrected chi connectivity index (χ0v) is 21.6. The van der Waals surface area contributed by atoms with Gasteiger partial charge in [-0.25, -0.2) is 0 Å². The number of nitrogens with zero attached hydrogens (tertiary/aromatic N) is 1. The van der Waals surface area contributed by atoms with E-state index in [1.807, 2.05) is 0 Å². The Morgan fingerprint density at radius 3 is 1.34 bits per heavy atom. The molecular formula is C32H29NP2. The van der Waals surface area contributed by atoms with Crippen LogP contribution < -0.4 is 31.4 Å². The van der Waals surface area contributed by atoms with Crippen LogP contribution >= 0.6 is 14.5 Å². The summed E-state index contributed by atoms with van der Waals surface area (Å²) in [7, 11) is -4.53. The van der Waals surface area contributed by atoms with Crippen LogP contribution in [0.4, 0.5) is 5.69 Å². The number of hydrogen-bond donors (Lipinski definition) is 0. The Morgan fingerprint density at radius 2 is 0.857 bits per heavy atom. The van der Waals surface area contributed by atoms with E-state index in [0.717, 1.165) is 6.29 Å². The van der Waals surface area contributed by atoms with Gasteiger partial charge in [0.25, 0.3) is 0 Å². The summed E-state index contributed by atoms with van der Waals surface area (Å²) in [6, 6.07) is 55.2. The van der Waals surface area contributed by atoms with Crippen molar-refractivity contribution in [3.63, 3.8) is 0 Å². The summed E-state index contributed by atoms with van der Waals surface area (Å²) in [5, 5.41) is 7.74. The van der Waals surface area contributed by atoms with Crippen LogP contribution in [0.3, 0.4) is 0 Å². The zero-order valence-electron chi connectivity index (χ0n) is 19.6. The van der Waals surface area contributed by atoms with Gasteiger partial charge in [-0.15, -0.1) is 0 Å². The van der Waals surface area contributed by atoms with Crippen molar-refractivity contribution in [2.45, 2.75) is 5.52 Å². The molecule has 0 saturated carbocycles. The summed E-state index contributed by atoms with van der Waals surface area (Å²) in [5.41, 5.74) is 1.94. The van der Waals surface area contributed by atoms with Crippen LogP contribution in [0.1, 0.15) is 0 Å². The van der Waals surface area contributed by atoms with E-state index in [-0.39, 0.29) is 0 Å². The van der Waals surface area contributed by atoms with Gasteiger partial charge in [-0.3, -0.25) is 0 Å². The van der Waals surface area contributed by atoms with Crippen LogP contribution in [0, 0.1) is 0 Å². The van der Waals surface area contributed by atoms with Crippen LogP contribution in [-0.4, -0.2) is 11.8 Å².